The lowest BCUT2D eigenvalue weighted by molar-refractivity contribution is -0.163. The van der Waals surface area contributed by atoms with Crippen LogP contribution in [-0.2, 0) is 19.1 Å². The minimum Gasteiger partial charge on any atom is -0.469 e. The molecule has 0 radical (unpaired) electrons. The van der Waals surface area contributed by atoms with Crippen LogP contribution in [0, 0.1) is 59.2 Å². The average Bonchev–Trinajstić information content (AvgIpc) is 3.23. The first-order valence-corrected chi connectivity index (χ1v) is 7.86. The second kappa shape index (κ2) is 3.40. The molecule has 6 aliphatic carbocycles. The maximum Gasteiger partial charge on any atom is 0.309 e. The molecule has 0 aliphatic heterocycles. The summed E-state index contributed by atoms with van der Waals surface area (Å²) in [7, 11) is 2.88. The molecule has 108 valence electrons. The fourth-order valence-electron chi connectivity index (χ4n) is 7.81. The number of rotatable bonds is 2. The van der Waals surface area contributed by atoms with E-state index >= 15 is 0 Å². The van der Waals surface area contributed by atoms with E-state index in [2.05, 4.69) is 0 Å². The second-order valence-corrected chi connectivity index (χ2v) is 7.47. The third kappa shape index (κ3) is 0.932. The van der Waals surface area contributed by atoms with E-state index in [0.717, 1.165) is 17.8 Å². The van der Waals surface area contributed by atoms with Gasteiger partial charge in [0, 0.05) is 0 Å². The zero-order valence-electron chi connectivity index (χ0n) is 11.8. The Bertz CT molecular complexity index is 471. The van der Waals surface area contributed by atoms with Crippen molar-refractivity contribution in [3.63, 3.8) is 0 Å². The number of esters is 2. The minimum absolute atomic E-state index is 0.181. The van der Waals surface area contributed by atoms with Crippen LogP contribution < -0.4 is 0 Å². The van der Waals surface area contributed by atoms with Gasteiger partial charge in [-0.2, -0.15) is 0 Å². The molecule has 0 spiro atoms. The van der Waals surface area contributed by atoms with Gasteiger partial charge in [0.2, 0.25) is 0 Å². The molecular weight excluding hydrogens is 256 g/mol. The van der Waals surface area contributed by atoms with Crippen LogP contribution in [0.5, 0.6) is 0 Å². The van der Waals surface area contributed by atoms with Crippen molar-refractivity contribution in [3.8, 4) is 0 Å². The Morgan fingerprint density at radius 1 is 0.700 bits per heavy atom. The molecule has 6 aliphatic rings. The Kier molecular flexibility index (Phi) is 1.97. The SMILES string of the molecule is COC(=O)[C@@H]1[C@H](C(=O)OC)[C@@H]2C3C4[C@H]5CC[C@H]4[C@@H]2[C@H]5[C@H]31. The predicted molar refractivity (Wildman–Crippen MR) is 68.2 cm³/mol. The van der Waals surface area contributed by atoms with Crippen molar-refractivity contribution in [1.82, 2.24) is 0 Å². The number of hydrogen-bond donors (Lipinski definition) is 0. The molecule has 4 nitrogen and oxygen atoms in total. The van der Waals surface area contributed by atoms with E-state index in [1.807, 2.05) is 0 Å². The van der Waals surface area contributed by atoms with Crippen LogP contribution in [0.3, 0.4) is 0 Å². The van der Waals surface area contributed by atoms with Gasteiger partial charge in [0.05, 0.1) is 26.1 Å². The third-order valence-electron chi connectivity index (χ3n) is 7.64. The summed E-state index contributed by atoms with van der Waals surface area (Å²) in [5.74, 6) is 4.53. The Hall–Kier alpha value is -1.06. The lowest BCUT2D eigenvalue weighted by atomic mass is 9.63. The maximum atomic E-state index is 12.3. The van der Waals surface area contributed by atoms with Crippen LogP contribution >= 0.6 is 0 Å². The standard InChI is InChI=1S/C16H20O4/c1-19-15(17)13-11-8-5-3-4-6-7(5)10(11)12(9(6)8)14(13)16(18)20-2/h5-14H,3-4H2,1-2H3/t5-,6-,7?,8-,9+,10?,11+,12-,13-,14+/m1/s1. The molecule has 6 saturated carbocycles. The monoisotopic (exact) mass is 276 g/mol. The zero-order chi connectivity index (χ0) is 13.8. The highest BCUT2D eigenvalue weighted by molar-refractivity contribution is 5.84. The molecule has 6 rings (SSSR count). The largest absolute Gasteiger partial charge is 0.469 e. The molecule has 8 bridgehead atoms. The molecule has 2 unspecified atom stereocenters. The van der Waals surface area contributed by atoms with Crippen molar-refractivity contribution in [2.75, 3.05) is 14.2 Å². The van der Waals surface area contributed by atoms with Crippen LogP contribution in [0.15, 0.2) is 0 Å². The van der Waals surface area contributed by atoms with Gasteiger partial charge in [-0.15, -0.1) is 0 Å². The van der Waals surface area contributed by atoms with E-state index in [1.54, 1.807) is 0 Å². The first kappa shape index (κ1) is 11.6. The number of hydrogen-bond acceptors (Lipinski definition) is 4. The Balaban J connectivity index is 1.59. The molecule has 4 heteroatoms. The van der Waals surface area contributed by atoms with Gasteiger partial charge in [-0.05, 0) is 60.2 Å². The molecular formula is C16H20O4. The molecule has 20 heavy (non-hydrogen) atoms. The van der Waals surface area contributed by atoms with Gasteiger partial charge in [-0.3, -0.25) is 9.59 Å². The number of ether oxygens (including phenoxy) is 2. The van der Waals surface area contributed by atoms with E-state index in [4.69, 9.17) is 9.47 Å². The van der Waals surface area contributed by atoms with Crippen molar-refractivity contribution in [2.45, 2.75) is 12.8 Å². The summed E-state index contributed by atoms with van der Waals surface area (Å²) in [6.45, 7) is 0. The lowest BCUT2D eigenvalue weighted by Crippen LogP contribution is -2.45. The quantitative estimate of drug-likeness (QED) is 0.714. The Morgan fingerprint density at radius 3 is 1.55 bits per heavy atom. The highest BCUT2D eigenvalue weighted by atomic mass is 16.5. The van der Waals surface area contributed by atoms with Gasteiger partial charge in [-0.1, -0.05) is 0 Å². The van der Waals surface area contributed by atoms with Gasteiger partial charge in [-0.25, -0.2) is 0 Å². The summed E-state index contributed by atoms with van der Waals surface area (Å²) in [5.41, 5.74) is 0. The molecule has 0 aromatic heterocycles. The van der Waals surface area contributed by atoms with Crippen LogP contribution in [0.25, 0.3) is 0 Å². The van der Waals surface area contributed by atoms with E-state index in [-0.39, 0.29) is 23.8 Å². The van der Waals surface area contributed by atoms with Gasteiger partial charge in [0.15, 0.2) is 0 Å². The summed E-state index contributed by atoms with van der Waals surface area (Å²) in [6, 6.07) is 0. The molecule has 0 saturated heterocycles. The third-order valence-corrected chi connectivity index (χ3v) is 7.64. The fraction of sp³-hybridized carbons (Fsp3) is 0.875. The zero-order valence-corrected chi connectivity index (χ0v) is 11.8. The number of methoxy groups -OCH3 is 2. The van der Waals surface area contributed by atoms with Gasteiger partial charge < -0.3 is 9.47 Å². The maximum absolute atomic E-state index is 12.3. The van der Waals surface area contributed by atoms with E-state index in [0.29, 0.717) is 29.6 Å². The molecule has 0 aromatic carbocycles. The first-order valence-electron chi connectivity index (χ1n) is 7.86. The van der Waals surface area contributed by atoms with Gasteiger partial charge >= 0.3 is 11.9 Å². The summed E-state index contributed by atoms with van der Waals surface area (Å²) in [5, 5.41) is 0. The Labute approximate surface area is 118 Å². The van der Waals surface area contributed by atoms with Crippen LogP contribution in [-0.4, -0.2) is 26.2 Å². The molecule has 6 fully saturated rings. The van der Waals surface area contributed by atoms with Crippen molar-refractivity contribution in [1.29, 1.82) is 0 Å². The van der Waals surface area contributed by atoms with E-state index in [9.17, 15) is 9.59 Å². The summed E-state index contributed by atoms with van der Waals surface area (Å²) in [4.78, 5) is 24.5. The van der Waals surface area contributed by atoms with Crippen LogP contribution in [0.1, 0.15) is 12.8 Å². The van der Waals surface area contributed by atoms with E-state index in [1.165, 1.54) is 27.1 Å². The molecule has 0 N–H and O–H groups in total. The molecule has 10 atom stereocenters. The molecule has 0 amide bonds. The van der Waals surface area contributed by atoms with E-state index < -0.39 is 0 Å². The normalized spacial score (nSPS) is 59.5. The van der Waals surface area contributed by atoms with Crippen LogP contribution in [0.2, 0.25) is 0 Å². The summed E-state index contributed by atoms with van der Waals surface area (Å²) >= 11 is 0. The van der Waals surface area contributed by atoms with Crippen molar-refractivity contribution < 1.29 is 19.1 Å². The van der Waals surface area contributed by atoms with Crippen LogP contribution in [0.4, 0.5) is 0 Å². The predicted octanol–water partition coefficient (Wildman–Crippen LogP) is 1.34. The lowest BCUT2D eigenvalue weighted by Gasteiger charge is -2.40. The Morgan fingerprint density at radius 2 is 1.15 bits per heavy atom. The fourth-order valence-corrected chi connectivity index (χ4v) is 7.81. The number of carbonyl (C=O) groups is 2. The van der Waals surface area contributed by atoms with Crippen molar-refractivity contribution in [3.05, 3.63) is 0 Å². The first-order chi connectivity index (χ1) is 9.70. The topological polar surface area (TPSA) is 52.6 Å². The van der Waals surface area contributed by atoms with Gasteiger partial charge in [0.1, 0.15) is 0 Å². The number of carbonyl (C=O) groups excluding carboxylic acids is 2. The van der Waals surface area contributed by atoms with Crippen molar-refractivity contribution in [2.24, 2.45) is 59.2 Å². The highest BCUT2D eigenvalue weighted by Gasteiger charge is 2.83. The summed E-state index contributed by atoms with van der Waals surface area (Å²) in [6.07, 6.45) is 2.71. The minimum atomic E-state index is -0.227. The smallest absolute Gasteiger partial charge is 0.309 e. The summed E-state index contributed by atoms with van der Waals surface area (Å²) < 4.78 is 10.0. The molecule has 0 heterocycles. The highest BCUT2D eigenvalue weighted by Crippen LogP contribution is 2.84. The average molecular weight is 276 g/mol. The van der Waals surface area contributed by atoms with Crippen molar-refractivity contribution >= 4 is 11.9 Å². The van der Waals surface area contributed by atoms with Gasteiger partial charge in [0.25, 0.3) is 0 Å². The second-order valence-electron chi connectivity index (χ2n) is 7.47. The molecule has 0 aromatic rings.